The normalized spacial score (nSPS) is 12.7. The number of nitrogens with one attached hydrogen (secondary N) is 1. The number of hydrogen-bond donors (Lipinski definition) is 1. The number of aryl methyl sites for hydroxylation is 1. The van der Waals surface area contributed by atoms with E-state index in [-0.39, 0.29) is 6.04 Å². The first-order valence-electron chi connectivity index (χ1n) is 5.12. The molecule has 4 heteroatoms. The average molecular weight is 327 g/mol. The molecule has 0 aliphatic rings. The Kier molecular flexibility index (Phi) is 3.60. The van der Waals surface area contributed by atoms with Gasteiger partial charge >= 0.3 is 0 Å². The Balaban J connectivity index is 2.36. The molecule has 2 rings (SSSR count). The van der Waals surface area contributed by atoms with Gasteiger partial charge in [-0.3, -0.25) is 4.68 Å². The summed E-state index contributed by atoms with van der Waals surface area (Å²) in [5.74, 6) is 0. The maximum absolute atomic E-state index is 4.21. The van der Waals surface area contributed by atoms with Crippen molar-refractivity contribution in [1.82, 2.24) is 15.1 Å². The lowest BCUT2D eigenvalue weighted by Crippen LogP contribution is -2.17. The summed E-state index contributed by atoms with van der Waals surface area (Å²) in [5, 5.41) is 7.53. The maximum atomic E-state index is 4.21. The molecule has 84 valence electrons. The van der Waals surface area contributed by atoms with Crippen molar-refractivity contribution in [2.45, 2.75) is 6.04 Å². The maximum Gasteiger partial charge on any atom is 0.0605 e. The van der Waals surface area contributed by atoms with E-state index in [1.54, 1.807) is 0 Å². The van der Waals surface area contributed by atoms with Gasteiger partial charge in [0, 0.05) is 22.4 Å². The van der Waals surface area contributed by atoms with Gasteiger partial charge in [0.05, 0.1) is 12.2 Å². The minimum atomic E-state index is 0.211. The summed E-state index contributed by atoms with van der Waals surface area (Å²) in [7, 11) is 3.91. The third-order valence-electron chi connectivity index (χ3n) is 2.53. The molecule has 2 aromatic rings. The molecule has 1 heterocycles. The van der Waals surface area contributed by atoms with E-state index in [9.17, 15) is 0 Å². The zero-order valence-electron chi connectivity index (χ0n) is 9.31. The number of aromatic nitrogens is 2. The fourth-order valence-electron chi connectivity index (χ4n) is 1.80. The summed E-state index contributed by atoms with van der Waals surface area (Å²) in [6.07, 6.45) is 3.95. The van der Waals surface area contributed by atoms with E-state index in [4.69, 9.17) is 0 Å². The molecule has 0 spiro atoms. The third kappa shape index (κ3) is 2.44. The predicted octanol–water partition coefficient (Wildman–Crippen LogP) is 2.33. The molecule has 0 fully saturated rings. The first-order chi connectivity index (χ1) is 7.70. The van der Waals surface area contributed by atoms with Crippen molar-refractivity contribution >= 4 is 22.6 Å². The van der Waals surface area contributed by atoms with Gasteiger partial charge in [-0.05, 0) is 47.3 Å². The molecule has 1 N–H and O–H groups in total. The monoisotopic (exact) mass is 327 g/mol. The molecule has 0 amide bonds. The number of halogens is 1. The molecular formula is C12H14IN3. The quantitative estimate of drug-likeness (QED) is 0.877. The zero-order chi connectivity index (χ0) is 11.5. The van der Waals surface area contributed by atoms with Crippen molar-refractivity contribution in [1.29, 1.82) is 0 Å². The second-order valence-electron chi connectivity index (χ2n) is 3.72. The Morgan fingerprint density at radius 2 is 2.19 bits per heavy atom. The fraction of sp³-hybridized carbons (Fsp3) is 0.250. The van der Waals surface area contributed by atoms with Gasteiger partial charge in [0.25, 0.3) is 0 Å². The van der Waals surface area contributed by atoms with Gasteiger partial charge < -0.3 is 5.32 Å². The molecule has 0 bridgehead atoms. The van der Waals surface area contributed by atoms with Crippen molar-refractivity contribution in [2.24, 2.45) is 7.05 Å². The minimum Gasteiger partial charge on any atom is -0.309 e. The van der Waals surface area contributed by atoms with Crippen LogP contribution in [0, 0.1) is 3.57 Å². The van der Waals surface area contributed by atoms with Crippen LogP contribution in [0.25, 0.3) is 0 Å². The van der Waals surface area contributed by atoms with Crippen LogP contribution in [0.1, 0.15) is 17.2 Å². The Bertz CT molecular complexity index is 479. The van der Waals surface area contributed by atoms with Crippen molar-refractivity contribution in [2.75, 3.05) is 7.05 Å². The van der Waals surface area contributed by atoms with E-state index in [1.807, 2.05) is 31.2 Å². The van der Waals surface area contributed by atoms with E-state index in [2.05, 4.69) is 57.3 Å². The van der Waals surface area contributed by atoms with Crippen LogP contribution in [0.3, 0.4) is 0 Å². The van der Waals surface area contributed by atoms with Crippen molar-refractivity contribution in [3.05, 3.63) is 51.4 Å². The van der Waals surface area contributed by atoms with Crippen LogP contribution in [-0.4, -0.2) is 16.8 Å². The summed E-state index contributed by atoms with van der Waals surface area (Å²) in [6, 6.07) is 8.71. The minimum absolute atomic E-state index is 0.211. The van der Waals surface area contributed by atoms with E-state index >= 15 is 0 Å². The Morgan fingerprint density at radius 3 is 2.75 bits per heavy atom. The van der Waals surface area contributed by atoms with Gasteiger partial charge in [-0.25, -0.2) is 0 Å². The molecule has 1 atom stereocenters. The molecule has 0 saturated heterocycles. The number of hydrogen-bond acceptors (Lipinski definition) is 2. The van der Waals surface area contributed by atoms with Gasteiger partial charge in [-0.2, -0.15) is 5.10 Å². The van der Waals surface area contributed by atoms with Gasteiger partial charge in [-0.1, -0.05) is 12.1 Å². The topological polar surface area (TPSA) is 29.9 Å². The Morgan fingerprint density at radius 1 is 1.38 bits per heavy atom. The summed E-state index contributed by atoms with van der Waals surface area (Å²) in [6.45, 7) is 0. The summed E-state index contributed by atoms with van der Waals surface area (Å²) in [5.41, 5.74) is 2.45. The molecule has 0 aliphatic carbocycles. The summed E-state index contributed by atoms with van der Waals surface area (Å²) >= 11 is 2.33. The van der Waals surface area contributed by atoms with E-state index in [0.717, 1.165) is 0 Å². The van der Waals surface area contributed by atoms with Gasteiger partial charge in [0.2, 0.25) is 0 Å². The highest BCUT2D eigenvalue weighted by Gasteiger charge is 2.13. The molecule has 3 nitrogen and oxygen atoms in total. The highest BCUT2D eigenvalue weighted by atomic mass is 127. The highest BCUT2D eigenvalue weighted by Crippen LogP contribution is 2.22. The smallest absolute Gasteiger partial charge is 0.0605 e. The largest absolute Gasteiger partial charge is 0.309 e. The molecular weight excluding hydrogens is 313 g/mol. The van der Waals surface area contributed by atoms with Gasteiger partial charge in [-0.15, -0.1) is 0 Å². The van der Waals surface area contributed by atoms with Crippen molar-refractivity contribution < 1.29 is 0 Å². The molecule has 0 radical (unpaired) electrons. The fourth-order valence-corrected chi connectivity index (χ4v) is 2.37. The van der Waals surface area contributed by atoms with Crippen LogP contribution in [0.4, 0.5) is 0 Å². The molecule has 1 aromatic heterocycles. The standard InChI is InChI=1S/C12H14IN3/c1-14-12(10-7-15-16(2)8-10)9-4-3-5-11(13)6-9/h3-8,12,14H,1-2H3. The van der Waals surface area contributed by atoms with E-state index in [0.29, 0.717) is 0 Å². The van der Waals surface area contributed by atoms with E-state index in [1.165, 1.54) is 14.7 Å². The van der Waals surface area contributed by atoms with Crippen molar-refractivity contribution in [3.8, 4) is 0 Å². The second kappa shape index (κ2) is 4.97. The first kappa shape index (κ1) is 11.6. The molecule has 1 aromatic carbocycles. The SMILES string of the molecule is CNC(c1cccc(I)c1)c1cnn(C)c1. The number of rotatable bonds is 3. The van der Waals surface area contributed by atoms with Crippen LogP contribution in [-0.2, 0) is 7.05 Å². The summed E-state index contributed by atoms with van der Waals surface area (Å²) in [4.78, 5) is 0. The zero-order valence-corrected chi connectivity index (χ0v) is 11.5. The third-order valence-corrected chi connectivity index (χ3v) is 3.20. The lowest BCUT2D eigenvalue weighted by molar-refractivity contribution is 0.689. The Hall–Kier alpha value is -0.880. The van der Waals surface area contributed by atoms with Crippen molar-refractivity contribution in [3.63, 3.8) is 0 Å². The average Bonchev–Trinajstić information content (AvgIpc) is 2.66. The molecule has 0 aliphatic heterocycles. The van der Waals surface area contributed by atoms with Crippen LogP contribution in [0.5, 0.6) is 0 Å². The first-order valence-corrected chi connectivity index (χ1v) is 6.20. The molecule has 1 unspecified atom stereocenters. The predicted molar refractivity (Wildman–Crippen MR) is 73.3 cm³/mol. The molecule has 16 heavy (non-hydrogen) atoms. The van der Waals surface area contributed by atoms with Gasteiger partial charge in [0.15, 0.2) is 0 Å². The highest BCUT2D eigenvalue weighted by molar-refractivity contribution is 14.1. The number of nitrogens with zero attached hydrogens (tertiary/aromatic N) is 2. The van der Waals surface area contributed by atoms with Gasteiger partial charge in [0.1, 0.15) is 0 Å². The lowest BCUT2D eigenvalue weighted by Gasteiger charge is -2.15. The second-order valence-corrected chi connectivity index (χ2v) is 4.97. The van der Waals surface area contributed by atoms with E-state index < -0.39 is 0 Å². The Labute approximate surface area is 109 Å². The van der Waals surface area contributed by atoms with Crippen LogP contribution >= 0.6 is 22.6 Å². The van der Waals surface area contributed by atoms with Crippen LogP contribution in [0.15, 0.2) is 36.7 Å². The van der Waals surface area contributed by atoms with Crippen LogP contribution < -0.4 is 5.32 Å². The molecule has 0 saturated carbocycles. The number of benzene rings is 1. The summed E-state index contributed by atoms with van der Waals surface area (Å²) < 4.78 is 3.08. The lowest BCUT2D eigenvalue weighted by atomic mass is 10.0. The van der Waals surface area contributed by atoms with Crippen LogP contribution in [0.2, 0.25) is 0 Å².